The van der Waals surface area contributed by atoms with Gasteiger partial charge in [0.2, 0.25) is 0 Å². The van der Waals surface area contributed by atoms with Crippen molar-refractivity contribution in [3.05, 3.63) is 57.0 Å². The lowest BCUT2D eigenvalue weighted by Gasteiger charge is -2.04. The second-order valence-electron chi connectivity index (χ2n) is 4.04. The van der Waals surface area contributed by atoms with Crippen LogP contribution in [0.1, 0.15) is 11.1 Å². The third-order valence-corrected chi connectivity index (χ3v) is 3.80. The van der Waals surface area contributed by atoms with Crippen LogP contribution >= 0.6 is 27.5 Å². The summed E-state index contributed by atoms with van der Waals surface area (Å²) >= 11 is 9.51. The summed E-state index contributed by atoms with van der Waals surface area (Å²) in [6.07, 6.45) is 1.81. The monoisotopic (exact) mass is 337 g/mol. The van der Waals surface area contributed by atoms with E-state index in [-0.39, 0.29) is 0 Å². The Balaban J connectivity index is 2.28. The van der Waals surface area contributed by atoms with Crippen LogP contribution in [0.4, 0.5) is 5.69 Å². The molecule has 98 valence electrons. The molecule has 19 heavy (non-hydrogen) atoms. The van der Waals surface area contributed by atoms with Crippen LogP contribution in [0.5, 0.6) is 5.75 Å². The molecule has 0 spiro atoms. The first-order valence-electron chi connectivity index (χ1n) is 5.74. The van der Waals surface area contributed by atoms with Gasteiger partial charge in [-0.15, -0.1) is 0 Å². The number of hydrogen-bond donors (Lipinski definition) is 0. The Morgan fingerprint density at radius 2 is 2.05 bits per heavy atom. The van der Waals surface area contributed by atoms with Gasteiger partial charge in [0.25, 0.3) is 0 Å². The van der Waals surface area contributed by atoms with Crippen LogP contribution < -0.4 is 4.74 Å². The van der Waals surface area contributed by atoms with Crippen molar-refractivity contribution in [3.8, 4) is 5.75 Å². The summed E-state index contributed by atoms with van der Waals surface area (Å²) in [7, 11) is 1.64. The molecule has 0 fully saturated rings. The van der Waals surface area contributed by atoms with Crippen molar-refractivity contribution in [2.24, 2.45) is 4.99 Å². The summed E-state index contributed by atoms with van der Waals surface area (Å²) in [5, 5.41) is 0.727. The van der Waals surface area contributed by atoms with Gasteiger partial charge in [-0.25, -0.2) is 0 Å². The van der Waals surface area contributed by atoms with Crippen LogP contribution in [0.3, 0.4) is 0 Å². The van der Waals surface area contributed by atoms with E-state index in [1.807, 2.05) is 49.5 Å². The molecule has 4 heteroatoms. The average molecular weight is 339 g/mol. The SMILES string of the molecule is COc1ccc(C=Nc2cccc(Cl)c2C)cc1Br. The second-order valence-corrected chi connectivity index (χ2v) is 5.30. The number of methoxy groups -OCH3 is 1. The zero-order valence-electron chi connectivity index (χ0n) is 10.7. The van der Waals surface area contributed by atoms with Crippen molar-refractivity contribution in [1.29, 1.82) is 0 Å². The summed E-state index contributed by atoms with van der Waals surface area (Å²) in [6, 6.07) is 11.5. The second kappa shape index (κ2) is 6.22. The molecule has 0 bridgehead atoms. The van der Waals surface area contributed by atoms with Gasteiger partial charge < -0.3 is 4.74 Å². The van der Waals surface area contributed by atoms with Crippen LogP contribution in [0, 0.1) is 6.92 Å². The average Bonchev–Trinajstić information content (AvgIpc) is 2.40. The number of rotatable bonds is 3. The first-order valence-corrected chi connectivity index (χ1v) is 6.91. The molecule has 0 aliphatic heterocycles. The van der Waals surface area contributed by atoms with Crippen molar-refractivity contribution in [2.75, 3.05) is 7.11 Å². The molecule has 2 rings (SSSR count). The molecule has 0 aliphatic rings. The quantitative estimate of drug-likeness (QED) is 0.707. The fourth-order valence-electron chi connectivity index (χ4n) is 1.64. The van der Waals surface area contributed by atoms with E-state index >= 15 is 0 Å². The minimum absolute atomic E-state index is 0.727. The Hall–Kier alpha value is -1.32. The molecule has 0 atom stereocenters. The number of hydrogen-bond acceptors (Lipinski definition) is 2. The maximum Gasteiger partial charge on any atom is 0.133 e. The molecule has 2 nitrogen and oxygen atoms in total. The molecule has 0 saturated heterocycles. The molecular formula is C15H13BrClNO. The van der Waals surface area contributed by atoms with Crippen molar-refractivity contribution in [3.63, 3.8) is 0 Å². The number of nitrogens with zero attached hydrogens (tertiary/aromatic N) is 1. The van der Waals surface area contributed by atoms with Crippen LogP contribution in [0.2, 0.25) is 5.02 Å². The highest BCUT2D eigenvalue weighted by molar-refractivity contribution is 9.10. The van der Waals surface area contributed by atoms with E-state index in [0.717, 1.165) is 32.1 Å². The van der Waals surface area contributed by atoms with E-state index in [2.05, 4.69) is 20.9 Å². The Morgan fingerprint density at radius 1 is 1.26 bits per heavy atom. The molecule has 0 amide bonds. The highest BCUT2D eigenvalue weighted by Gasteiger charge is 2.01. The van der Waals surface area contributed by atoms with E-state index in [9.17, 15) is 0 Å². The highest BCUT2D eigenvalue weighted by Crippen LogP contribution is 2.27. The smallest absolute Gasteiger partial charge is 0.133 e. The zero-order valence-corrected chi connectivity index (χ0v) is 13.0. The molecule has 0 aromatic heterocycles. The minimum Gasteiger partial charge on any atom is -0.496 e. The molecule has 0 unspecified atom stereocenters. The molecule has 0 aliphatic carbocycles. The highest BCUT2D eigenvalue weighted by atomic mass is 79.9. The Labute approximate surface area is 126 Å². The van der Waals surface area contributed by atoms with Gasteiger partial charge >= 0.3 is 0 Å². The zero-order chi connectivity index (χ0) is 13.8. The first kappa shape index (κ1) is 14.1. The summed E-state index contributed by atoms with van der Waals surface area (Å²) < 4.78 is 6.09. The van der Waals surface area contributed by atoms with Crippen LogP contribution in [-0.4, -0.2) is 13.3 Å². The van der Waals surface area contributed by atoms with Gasteiger partial charge in [-0.05, 0) is 64.3 Å². The summed E-state index contributed by atoms with van der Waals surface area (Å²) in [5.74, 6) is 0.802. The molecule has 2 aromatic carbocycles. The van der Waals surface area contributed by atoms with E-state index in [1.165, 1.54) is 0 Å². The maximum atomic E-state index is 6.06. The molecular weight excluding hydrogens is 326 g/mol. The van der Waals surface area contributed by atoms with E-state index in [1.54, 1.807) is 7.11 Å². The van der Waals surface area contributed by atoms with Crippen LogP contribution in [0.15, 0.2) is 45.9 Å². The van der Waals surface area contributed by atoms with Crippen molar-refractivity contribution in [1.82, 2.24) is 0 Å². The molecule has 2 aromatic rings. The summed E-state index contributed by atoms with van der Waals surface area (Å²) in [4.78, 5) is 4.46. The standard InChI is InChI=1S/C15H13BrClNO/c1-10-13(17)4-3-5-14(10)18-9-11-6-7-15(19-2)12(16)8-11/h3-9H,1-2H3. The number of aliphatic imine (C=N–C) groups is 1. The fourth-order valence-corrected chi connectivity index (χ4v) is 2.37. The van der Waals surface area contributed by atoms with Crippen LogP contribution in [-0.2, 0) is 0 Å². The summed E-state index contributed by atoms with van der Waals surface area (Å²) in [5.41, 5.74) is 2.85. The topological polar surface area (TPSA) is 21.6 Å². The Morgan fingerprint density at radius 3 is 2.74 bits per heavy atom. The lowest BCUT2D eigenvalue weighted by Crippen LogP contribution is -1.87. The van der Waals surface area contributed by atoms with Gasteiger partial charge in [0.1, 0.15) is 5.75 Å². The third kappa shape index (κ3) is 3.37. The van der Waals surface area contributed by atoms with Crippen molar-refractivity contribution < 1.29 is 4.74 Å². The predicted octanol–water partition coefficient (Wildman–Crippen LogP) is 5.17. The van der Waals surface area contributed by atoms with Gasteiger partial charge in [-0.1, -0.05) is 17.7 Å². The largest absolute Gasteiger partial charge is 0.496 e. The van der Waals surface area contributed by atoms with E-state index < -0.39 is 0 Å². The molecule has 0 radical (unpaired) electrons. The van der Waals surface area contributed by atoms with Crippen LogP contribution in [0.25, 0.3) is 0 Å². The van der Waals surface area contributed by atoms with Crippen molar-refractivity contribution in [2.45, 2.75) is 6.92 Å². The van der Waals surface area contributed by atoms with E-state index in [0.29, 0.717) is 0 Å². The van der Waals surface area contributed by atoms with Gasteiger partial charge in [-0.2, -0.15) is 0 Å². The lowest BCUT2D eigenvalue weighted by molar-refractivity contribution is 0.412. The number of ether oxygens (including phenoxy) is 1. The predicted molar refractivity (Wildman–Crippen MR) is 84.1 cm³/mol. The van der Waals surface area contributed by atoms with Gasteiger partial charge in [0.15, 0.2) is 0 Å². The third-order valence-electron chi connectivity index (χ3n) is 2.77. The Bertz CT molecular complexity index is 626. The first-order chi connectivity index (χ1) is 9.11. The summed E-state index contributed by atoms with van der Waals surface area (Å²) in [6.45, 7) is 1.96. The molecule has 0 saturated carbocycles. The lowest BCUT2D eigenvalue weighted by atomic mass is 10.2. The van der Waals surface area contributed by atoms with Gasteiger partial charge in [-0.3, -0.25) is 4.99 Å². The Kier molecular flexibility index (Phi) is 4.61. The number of benzene rings is 2. The van der Waals surface area contributed by atoms with Gasteiger partial charge in [0.05, 0.1) is 17.3 Å². The fraction of sp³-hybridized carbons (Fsp3) is 0.133. The molecule has 0 heterocycles. The normalized spacial score (nSPS) is 10.9. The van der Waals surface area contributed by atoms with Crippen molar-refractivity contribution >= 4 is 39.4 Å². The number of halogens is 2. The van der Waals surface area contributed by atoms with E-state index in [4.69, 9.17) is 16.3 Å². The maximum absolute atomic E-state index is 6.06. The van der Waals surface area contributed by atoms with Gasteiger partial charge in [0, 0.05) is 11.2 Å². The minimum atomic E-state index is 0.727. The molecule has 0 N–H and O–H groups in total.